The molecule has 1 aromatic rings. The Labute approximate surface area is 108 Å². The number of hydrogen-bond donors (Lipinski definition) is 3. The highest BCUT2D eigenvalue weighted by molar-refractivity contribution is 5.81. The van der Waals surface area contributed by atoms with Gasteiger partial charge in [-0.25, -0.2) is 0 Å². The van der Waals surface area contributed by atoms with E-state index in [0.717, 1.165) is 0 Å². The van der Waals surface area contributed by atoms with Crippen molar-refractivity contribution < 1.29 is 19.6 Å². The highest BCUT2D eigenvalue weighted by atomic mass is 16.6. The van der Waals surface area contributed by atoms with Gasteiger partial charge in [-0.2, -0.15) is 0 Å². The van der Waals surface area contributed by atoms with E-state index in [1.165, 1.54) is 12.1 Å². The zero-order valence-electron chi connectivity index (χ0n) is 9.96. The van der Waals surface area contributed by atoms with Crippen molar-refractivity contribution in [1.82, 2.24) is 5.32 Å². The third kappa shape index (κ3) is 5.02. The smallest absolute Gasteiger partial charge is 0.322 e. The van der Waals surface area contributed by atoms with Crippen LogP contribution in [-0.2, 0) is 9.59 Å². The SMILES string of the molecule is O=C(O)CNC(=O)CCNc1ccccc1[N+](=O)[O-]. The van der Waals surface area contributed by atoms with Crippen LogP contribution in [0.15, 0.2) is 24.3 Å². The Balaban J connectivity index is 2.43. The lowest BCUT2D eigenvalue weighted by Gasteiger charge is -2.06. The molecule has 0 fully saturated rings. The number of hydrogen-bond acceptors (Lipinski definition) is 5. The summed E-state index contributed by atoms with van der Waals surface area (Å²) in [6.07, 6.45) is 0.0271. The molecule has 0 radical (unpaired) electrons. The van der Waals surface area contributed by atoms with Crippen molar-refractivity contribution >= 4 is 23.3 Å². The van der Waals surface area contributed by atoms with Crippen LogP contribution in [0.25, 0.3) is 0 Å². The maximum atomic E-state index is 11.2. The first-order valence-corrected chi connectivity index (χ1v) is 5.46. The molecule has 8 heteroatoms. The first kappa shape index (κ1) is 14.4. The van der Waals surface area contributed by atoms with Crippen molar-refractivity contribution in [2.24, 2.45) is 0 Å². The van der Waals surface area contributed by atoms with Crippen LogP contribution in [0.3, 0.4) is 0 Å². The largest absolute Gasteiger partial charge is 0.480 e. The molecule has 0 aliphatic carbocycles. The minimum Gasteiger partial charge on any atom is -0.480 e. The summed E-state index contributed by atoms with van der Waals surface area (Å²) in [6, 6.07) is 6.07. The van der Waals surface area contributed by atoms with Crippen molar-refractivity contribution in [1.29, 1.82) is 0 Å². The number of nitro groups is 1. The van der Waals surface area contributed by atoms with Gasteiger partial charge in [0.2, 0.25) is 5.91 Å². The summed E-state index contributed by atoms with van der Waals surface area (Å²) in [5.41, 5.74) is 0.243. The Morgan fingerprint density at radius 3 is 2.63 bits per heavy atom. The lowest BCUT2D eigenvalue weighted by molar-refractivity contribution is -0.384. The molecule has 1 rings (SSSR count). The normalized spacial score (nSPS) is 9.68. The van der Waals surface area contributed by atoms with E-state index in [9.17, 15) is 19.7 Å². The molecule has 0 heterocycles. The van der Waals surface area contributed by atoms with Gasteiger partial charge in [0, 0.05) is 19.0 Å². The van der Waals surface area contributed by atoms with E-state index < -0.39 is 23.3 Å². The van der Waals surface area contributed by atoms with Crippen molar-refractivity contribution in [2.45, 2.75) is 6.42 Å². The van der Waals surface area contributed by atoms with E-state index in [-0.39, 0.29) is 18.7 Å². The molecule has 0 aromatic heterocycles. The molecular formula is C11H13N3O5. The van der Waals surface area contributed by atoms with Crippen LogP contribution in [-0.4, -0.2) is 35.0 Å². The number of anilines is 1. The van der Waals surface area contributed by atoms with Crippen LogP contribution < -0.4 is 10.6 Å². The second kappa shape index (κ2) is 6.94. The van der Waals surface area contributed by atoms with Crippen molar-refractivity contribution in [3.05, 3.63) is 34.4 Å². The minimum absolute atomic E-state index is 0.0271. The number of rotatable bonds is 7. The Morgan fingerprint density at radius 1 is 1.32 bits per heavy atom. The first-order chi connectivity index (χ1) is 9.00. The maximum Gasteiger partial charge on any atom is 0.322 e. The van der Waals surface area contributed by atoms with Gasteiger partial charge in [-0.05, 0) is 6.07 Å². The number of benzene rings is 1. The van der Waals surface area contributed by atoms with Gasteiger partial charge in [-0.1, -0.05) is 12.1 Å². The number of carboxylic acid groups (broad SMARTS) is 1. The number of para-hydroxylation sites is 2. The summed E-state index contributed by atoms with van der Waals surface area (Å²) in [6.45, 7) is -0.263. The van der Waals surface area contributed by atoms with Crippen LogP contribution in [0.4, 0.5) is 11.4 Å². The van der Waals surface area contributed by atoms with E-state index in [1.807, 2.05) is 0 Å². The lowest BCUT2D eigenvalue weighted by atomic mass is 10.2. The monoisotopic (exact) mass is 267 g/mol. The first-order valence-electron chi connectivity index (χ1n) is 5.46. The molecule has 0 bridgehead atoms. The van der Waals surface area contributed by atoms with E-state index in [2.05, 4.69) is 10.6 Å². The standard InChI is InChI=1S/C11H13N3O5/c15-10(13-7-11(16)17)5-6-12-8-3-1-2-4-9(8)14(18)19/h1-4,12H,5-7H2,(H,13,15)(H,16,17). The average molecular weight is 267 g/mol. The molecule has 0 aliphatic rings. The number of carboxylic acids is 1. The lowest BCUT2D eigenvalue weighted by Crippen LogP contribution is -2.30. The van der Waals surface area contributed by atoms with Gasteiger partial charge < -0.3 is 15.7 Å². The van der Waals surface area contributed by atoms with Crippen LogP contribution >= 0.6 is 0 Å². The fourth-order valence-corrected chi connectivity index (χ4v) is 1.36. The van der Waals surface area contributed by atoms with Crippen LogP contribution in [0, 0.1) is 10.1 Å². The van der Waals surface area contributed by atoms with Gasteiger partial charge >= 0.3 is 5.97 Å². The average Bonchev–Trinajstić information content (AvgIpc) is 2.36. The Bertz CT molecular complexity index is 489. The predicted molar refractivity (Wildman–Crippen MR) is 66.8 cm³/mol. The van der Waals surface area contributed by atoms with E-state index in [4.69, 9.17) is 5.11 Å². The molecule has 0 spiro atoms. The quantitative estimate of drug-likeness (QED) is 0.491. The number of aliphatic carboxylic acids is 1. The topological polar surface area (TPSA) is 122 Å². The summed E-state index contributed by atoms with van der Waals surface area (Å²) in [7, 11) is 0. The molecule has 0 saturated carbocycles. The molecule has 3 N–H and O–H groups in total. The molecular weight excluding hydrogens is 254 g/mol. The molecule has 1 aromatic carbocycles. The summed E-state index contributed by atoms with van der Waals surface area (Å²) in [4.78, 5) is 31.6. The second-order valence-corrected chi connectivity index (χ2v) is 3.62. The Kier molecular flexibility index (Phi) is 5.27. The summed E-state index contributed by atoms with van der Waals surface area (Å²) < 4.78 is 0. The number of carbonyl (C=O) groups is 2. The third-order valence-electron chi connectivity index (χ3n) is 2.21. The molecule has 0 aliphatic heterocycles. The molecule has 19 heavy (non-hydrogen) atoms. The Morgan fingerprint density at radius 2 is 2.00 bits per heavy atom. The number of amides is 1. The third-order valence-corrected chi connectivity index (χ3v) is 2.21. The molecule has 1 amide bonds. The van der Waals surface area contributed by atoms with Gasteiger partial charge in [0.05, 0.1) is 4.92 Å². The maximum absolute atomic E-state index is 11.2. The van der Waals surface area contributed by atoms with Gasteiger partial charge in [-0.15, -0.1) is 0 Å². The van der Waals surface area contributed by atoms with Crippen molar-refractivity contribution in [3.8, 4) is 0 Å². The van der Waals surface area contributed by atoms with Gasteiger partial charge in [0.15, 0.2) is 0 Å². The highest BCUT2D eigenvalue weighted by Gasteiger charge is 2.12. The van der Waals surface area contributed by atoms with E-state index in [0.29, 0.717) is 5.69 Å². The molecule has 102 valence electrons. The highest BCUT2D eigenvalue weighted by Crippen LogP contribution is 2.22. The van der Waals surface area contributed by atoms with Crippen LogP contribution in [0.5, 0.6) is 0 Å². The number of nitrogens with one attached hydrogen (secondary N) is 2. The Hall–Kier alpha value is -2.64. The fraction of sp³-hybridized carbons (Fsp3) is 0.273. The summed E-state index contributed by atoms with van der Waals surface area (Å²) in [5.74, 6) is -1.56. The molecule has 0 saturated heterocycles. The minimum atomic E-state index is -1.12. The van der Waals surface area contributed by atoms with Crippen molar-refractivity contribution in [3.63, 3.8) is 0 Å². The predicted octanol–water partition coefficient (Wildman–Crippen LogP) is 0.598. The molecule has 0 atom stereocenters. The van der Waals surface area contributed by atoms with Crippen LogP contribution in [0.2, 0.25) is 0 Å². The molecule has 8 nitrogen and oxygen atoms in total. The van der Waals surface area contributed by atoms with E-state index in [1.54, 1.807) is 12.1 Å². The van der Waals surface area contributed by atoms with Gasteiger partial charge in [0.25, 0.3) is 5.69 Å². The summed E-state index contributed by atoms with van der Waals surface area (Å²) in [5, 5.41) is 24.0. The van der Waals surface area contributed by atoms with Gasteiger partial charge in [0.1, 0.15) is 12.2 Å². The zero-order chi connectivity index (χ0) is 14.3. The number of carbonyl (C=O) groups excluding carboxylic acids is 1. The summed E-state index contributed by atoms with van der Waals surface area (Å²) >= 11 is 0. The molecule has 0 unspecified atom stereocenters. The second-order valence-electron chi connectivity index (χ2n) is 3.62. The van der Waals surface area contributed by atoms with Gasteiger partial charge in [-0.3, -0.25) is 19.7 Å². The van der Waals surface area contributed by atoms with Crippen molar-refractivity contribution in [2.75, 3.05) is 18.4 Å². The zero-order valence-corrected chi connectivity index (χ0v) is 9.96. The van der Waals surface area contributed by atoms with Crippen LogP contribution in [0.1, 0.15) is 6.42 Å². The number of nitro benzene ring substituents is 1. The number of nitrogens with zero attached hydrogens (tertiary/aromatic N) is 1. The van der Waals surface area contributed by atoms with E-state index >= 15 is 0 Å². The fourth-order valence-electron chi connectivity index (χ4n) is 1.36.